The molecule has 6 heteroatoms. The van der Waals surface area contributed by atoms with Crippen molar-refractivity contribution >= 4 is 39.6 Å². The standard InChI is InChI=1S/C19H18BrNO4/c1-13-3-7-16(8-4-13)21-18(22)12-25-19(23)10-5-14-11-15(20)6-9-17(14)24-2/h3-11H,12H2,1-2H3,(H,21,22)/b10-5+. The molecular weight excluding hydrogens is 386 g/mol. The van der Waals surface area contributed by atoms with E-state index in [0.29, 0.717) is 11.4 Å². The zero-order valence-corrected chi connectivity index (χ0v) is 15.5. The Bertz CT molecular complexity index is 785. The van der Waals surface area contributed by atoms with Crippen LogP contribution in [0.2, 0.25) is 0 Å². The van der Waals surface area contributed by atoms with E-state index in [-0.39, 0.29) is 6.61 Å². The Morgan fingerprint density at radius 2 is 1.88 bits per heavy atom. The molecule has 0 aliphatic heterocycles. The molecule has 0 unspecified atom stereocenters. The van der Waals surface area contributed by atoms with Gasteiger partial charge in [0.1, 0.15) is 5.75 Å². The largest absolute Gasteiger partial charge is 0.496 e. The van der Waals surface area contributed by atoms with Crippen LogP contribution in [0.5, 0.6) is 5.75 Å². The molecule has 130 valence electrons. The van der Waals surface area contributed by atoms with Crippen LogP contribution < -0.4 is 10.1 Å². The predicted octanol–water partition coefficient (Wildman–Crippen LogP) is 3.96. The molecule has 1 amide bonds. The maximum atomic E-state index is 11.8. The second-order valence-electron chi connectivity index (χ2n) is 5.24. The van der Waals surface area contributed by atoms with Gasteiger partial charge in [0.15, 0.2) is 6.61 Å². The zero-order chi connectivity index (χ0) is 18.2. The van der Waals surface area contributed by atoms with Gasteiger partial charge in [0.2, 0.25) is 0 Å². The number of halogens is 1. The summed E-state index contributed by atoms with van der Waals surface area (Å²) in [5.74, 6) is -0.379. The van der Waals surface area contributed by atoms with Gasteiger partial charge in [-0.05, 0) is 43.3 Å². The quantitative estimate of drug-likeness (QED) is 0.585. The number of benzene rings is 2. The summed E-state index contributed by atoms with van der Waals surface area (Å²) in [4.78, 5) is 23.5. The monoisotopic (exact) mass is 403 g/mol. The van der Waals surface area contributed by atoms with Gasteiger partial charge in [0.25, 0.3) is 5.91 Å². The lowest BCUT2D eigenvalue weighted by atomic mass is 10.2. The van der Waals surface area contributed by atoms with Crippen LogP contribution in [0.4, 0.5) is 5.69 Å². The highest BCUT2D eigenvalue weighted by Gasteiger charge is 2.06. The lowest BCUT2D eigenvalue weighted by molar-refractivity contribution is -0.142. The molecule has 0 aromatic heterocycles. The van der Waals surface area contributed by atoms with E-state index >= 15 is 0 Å². The van der Waals surface area contributed by atoms with Crippen molar-refractivity contribution in [3.8, 4) is 5.75 Å². The van der Waals surface area contributed by atoms with Crippen molar-refractivity contribution in [2.24, 2.45) is 0 Å². The zero-order valence-electron chi connectivity index (χ0n) is 13.9. The van der Waals surface area contributed by atoms with E-state index in [1.165, 1.54) is 6.08 Å². The molecule has 0 spiro atoms. The molecule has 1 N–H and O–H groups in total. The second kappa shape index (κ2) is 9.03. The van der Waals surface area contributed by atoms with Gasteiger partial charge in [-0.15, -0.1) is 0 Å². The van der Waals surface area contributed by atoms with Crippen LogP contribution in [0.1, 0.15) is 11.1 Å². The number of nitrogens with one attached hydrogen (secondary N) is 1. The number of esters is 1. The Kier molecular flexibility index (Phi) is 6.77. The molecule has 0 bridgehead atoms. The second-order valence-corrected chi connectivity index (χ2v) is 6.16. The first-order valence-electron chi connectivity index (χ1n) is 7.53. The Morgan fingerprint density at radius 3 is 2.56 bits per heavy atom. The fourth-order valence-electron chi connectivity index (χ4n) is 2.01. The number of carbonyl (C=O) groups excluding carboxylic acids is 2. The Hall–Kier alpha value is -2.60. The van der Waals surface area contributed by atoms with Crippen LogP contribution in [0.15, 0.2) is 53.0 Å². The van der Waals surface area contributed by atoms with E-state index in [1.54, 1.807) is 31.4 Å². The minimum absolute atomic E-state index is 0.354. The van der Waals surface area contributed by atoms with Crippen molar-refractivity contribution < 1.29 is 19.1 Å². The highest BCUT2D eigenvalue weighted by molar-refractivity contribution is 9.10. The van der Waals surface area contributed by atoms with Gasteiger partial charge >= 0.3 is 5.97 Å². The average Bonchev–Trinajstić information content (AvgIpc) is 2.60. The number of hydrogen-bond donors (Lipinski definition) is 1. The number of methoxy groups -OCH3 is 1. The van der Waals surface area contributed by atoms with Gasteiger partial charge in [-0.1, -0.05) is 33.6 Å². The summed E-state index contributed by atoms with van der Waals surface area (Å²) in [5, 5.41) is 2.66. The third kappa shape index (κ3) is 6.08. The van der Waals surface area contributed by atoms with Gasteiger partial charge in [0, 0.05) is 21.8 Å². The predicted molar refractivity (Wildman–Crippen MR) is 100 cm³/mol. The maximum Gasteiger partial charge on any atom is 0.331 e. The highest BCUT2D eigenvalue weighted by Crippen LogP contribution is 2.24. The number of amides is 1. The van der Waals surface area contributed by atoms with Gasteiger partial charge in [-0.25, -0.2) is 4.79 Å². The molecule has 25 heavy (non-hydrogen) atoms. The summed E-state index contributed by atoms with van der Waals surface area (Å²) in [6.45, 7) is 1.60. The van der Waals surface area contributed by atoms with Crippen LogP contribution in [0.3, 0.4) is 0 Å². The fourth-order valence-corrected chi connectivity index (χ4v) is 2.39. The van der Waals surface area contributed by atoms with Crippen LogP contribution in [-0.2, 0) is 14.3 Å². The van der Waals surface area contributed by atoms with Crippen LogP contribution >= 0.6 is 15.9 Å². The van der Waals surface area contributed by atoms with E-state index in [9.17, 15) is 9.59 Å². The Balaban J connectivity index is 1.87. The van der Waals surface area contributed by atoms with Crippen molar-refractivity contribution in [3.63, 3.8) is 0 Å². The summed E-state index contributed by atoms with van der Waals surface area (Å²) >= 11 is 3.36. The minimum Gasteiger partial charge on any atom is -0.496 e. The van der Waals surface area contributed by atoms with Crippen molar-refractivity contribution in [2.75, 3.05) is 19.0 Å². The van der Waals surface area contributed by atoms with Gasteiger partial charge in [-0.3, -0.25) is 4.79 Å². The van der Waals surface area contributed by atoms with E-state index < -0.39 is 11.9 Å². The first-order chi connectivity index (χ1) is 12.0. The third-order valence-electron chi connectivity index (χ3n) is 3.27. The van der Waals surface area contributed by atoms with E-state index in [0.717, 1.165) is 15.6 Å². The van der Waals surface area contributed by atoms with E-state index in [2.05, 4.69) is 21.2 Å². The van der Waals surface area contributed by atoms with Crippen molar-refractivity contribution in [2.45, 2.75) is 6.92 Å². The molecule has 5 nitrogen and oxygen atoms in total. The molecule has 0 fully saturated rings. The molecule has 0 saturated carbocycles. The molecule has 0 atom stereocenters. The molecule has 0 radical (unpaired) electrons. The first-order valence-corrected chi connectivity index (χ1v) is 8.32. The van der Waals surface area contributed by atoms with Crippen molar-refractivity contribution in [1.82, 2.24) is 0 Å². The summed E-state index contributed by atoms with van der Waals surface area (Å²) in [7, 11) is 1.55. The number of rotatable bonds is 6. The number of aryl methyl sites for hydroxylation is 1. The van der Waals surface area contributed by atoms with Gasteiger partial charge in [-0.2, -0.15) is 0 Å². The number of hydrogen-bond acceptors (Lipinski definition) is 4. The SMILES string of the molecule is COc1ccc(Br)cc1/C=C/C(=O)OCC(=O)Nc1ccc(C)cc1. The smallest absolute Gasteiger partial charge is 0.331 e. The lowest BCUT2D eigenvalue weighted by Gasteiger charge is -2.06. The topological polar surface area (TPSA) is 64.6 Å². The highest BCUT2D eigenvalue weighted by atomic mass is 79.9. The van der Waals surface area contributed by atoms with Crippen LogP contribution in [0, 0.1) is 6.92 Å². The normalized spacial score (nSPS) is 10.5. The molecule has 0 heterocycles. The maximum absolute atomic E-state index is 11.8. The lowest BCUT2D eigenvalue weighted by Crippen LogP contribution is -2.20. The van der Waals surface area contributed by atoms with Gasteiger partial charge in [0.05, 0.1) is 7.11 Å². The minimum atomic E-state index is -0.610. The molecule has 2 rings (SSSR count). The van der Waals surface area contributed by atoms with Gasteiger partial charge < -0.3 is 14.8 Å². The number of ether oxygens (including phenoxy) is 2. The van der Waals surface area contributed by atoms with Crippen LogP contribution in [0.25, 0.3) is 6.08 Å². The summed E-state index contributed by atoms with van der Waals surface area (Å²) in [5.41, 5.74) is 2.47. The Labute approximate surface area is 154 Å². The molecule has 2 aromatic rings. The first kappa shape index (κ1) is 18.7. The summed E-state index contributed by atoms with van der Waals surface area (Å²) < 4.78 is 11.0. The molecular formula is C19H18BrNO4. The fraction of sp³-hybridized carbons (Fsp3) is 0.158. The number of carbonyl (C=O) groups is 2. The number of anilines is 1. The molecule has 2 aromatic carbocycles. The molecule has 0 saturated heterocycles. The molecule has 0 aliphatic rings. The van der Waals surface area contributed by atoms with Crippen LogP contribution in [-0.4, -0.2) is 25.6 Å². The van der Waals surface area contributed by atoms with E-state index in [1.807, 2.05) is 31.2 Å². The van der Waals surface area contributed by atoms with E-state index in [4.69, 9.17) is 9.47 Å². The Morgan fingerprint density at radius 1 is 1.16 bits per heavy atom. The van der Waals surface area contributed by atoms with Crippen molar-refractivity contribution in [3.05, 3.63) is 64.1 Å². The third-order valence-corrected chi connectivity index (χ3v) is 3.76. The van der Waals surface area contributed by atoms with Crippen molar-refractivity contribution in [1.29, 1.82) is 0 Å². The summed E-state index contributed by atoms with van der Waals surface area (Å²) in [6, 6.07) is 12.8. The summed E-state index contributed by atoms with van der Waals surface area (Å²) in [6.07, 6.45) is 2.83. The molecule has 0 aliphatic carbocycles. The average molecular weight is 404 g/mol.